The summed E-state index contributed by atoms with van der Waals surface area (Å²) in [6.45, 7) is -0.237. The Labute approximate surface area is 243 Å². The molecule has 0 aromatic carbocycles. The van der Waals surface area contributed by atoms with Crippen LogP contribution in [0, 0.1) is 5.82 Å². The summed E-state index contributed by atoms with van der Waals surface area (Å²) in [5, 5.41) is 2.45. The van der Waals surface area contributed by atoms with E-state index < -0.39 is 48.5 Å². The van der Waals surface area contributed by atoms with Crippen molar-refractivity contribution in [2.24, 2.45) is 0 Å². The van der Waals surface area contributed by atoms with E-state index in [9.17, 15) is 36.7 Å². The van der Waals surface area contributed by atoms with Crippen LogP contribution < -0.4 is 10.9 Å². The summed E-state index contributed by atoms with van der Waals surface area (Å²) in [4.78, 5) is 63.2. The Morgan fingerprint density at radius 1 is 1.19 bits per heavy atom. The number of ether oxygens (including phenoxy) is 1. The minimum Gasteiger partial charge on any atom is -0.436 e. The van der Waals surface area contributed by atoms with Gasteiger partial charge in [0.1, 0.15) is 17.0 Å². The Morgan fingerprint density at radius 2 is 1.91 bits per heavy atom. The number of carbonyl (C=O) groups is 3. The van der Waals surface area contributed by atoms with Gasteiger partial charge in [-0.15, -0.1) is 0 Å². The van der Waals surface area contributed by atoms with E-state index in [2.05, 4.69) is 20.3 Å². The zero-order chi connectivity index (χ0) is 31.9. The highest BCUT2D eigenvalue weighted by molar-refractivity contribution is 5.95. The number of hydrogen-bond acceptors (Lipinski definition) is 7. The van der Waals surface area contributed by atoms with Crippen molar-refractivity contribution < 1.29 is 36.7 Å². The number of nitrogens with one attached hydrogen (secondary N) is 2. The number of H-pyrrole nitrogens is 1. The fraction of sp³-hybridized carbons (Fsp3) is 0.407. The molecule has 0 saturated carbocycles. The van der Waals surface area contributed by atoms with Crippen LogP contribution in [0.2, 0.25) is 0 Å². The summed E-state index contributed by atoms with van der Waals surface area (Å²) in [6.07, 6.45) is -2.95. The summed E-state index contributed by atoms with van der Waals surface area (Å²) in [6, 6.07) is 2.78. The van der Waals surface area contributed by atoms with Crippen LogP contribution in [0.5, 0.6) is 0 Å². The van der Waals surface area contributed by atoms with Crippen molar-refractivity contribution in [2.75, 3.05) is 33.5 Å². The molecule has 0 aliphatic heterocycles. The molecule has 3 heterocycles. The lowest BCUT2D eigenvalue weighted by Crippen LogP contribution is -2.37. The molecule has 0 saturated heterocycles. The van der Waals surface area contributed by atoms with Gasteiger partial charge in [0.25, 0.3) is 11.5 Å². The predicted octanol–water partition coefficient (Wildman–Crippen LogP) is 3.23. The Bertz CT molecular complexity index is 1560. The third kappa shape index (κ3) is 9.11. The van der Waals surface area contributed by atoms with Crippen LogP contribution >= 0.6 is 0 Å². The SMILES string of the molecule is CN(C)C(=O)/C=C/CC[C@H](OC(=O)N(C)C)C(=O)Nc1cccn(Cc2nc3c(F)cnc(CCC(F)(F)F)c3[nH]2)c1=O. The summed E-state index contributed by atoms with van der Waals surface area (Å²) in [7, 11) is 6.02. The van der Waals surface area contributed by atoms with Crippen molar-refractivity contribution in [2.45, 2.75) is 44.5 Å². The number of alkyl halides is 3. The van der Waals surface area contributed by atoms with Crippen LogP contribution in [0.25, 0.3) is 11.0 Å². The first-order chi connectivity index (χ1) is 20.2. The molecule has 0 radical (unpaired) electrons. The van der Waals surface area contributed by atoms with E-state index in [-0.39, 0.29) is 53.5 Å². The van der Waals surface area contributed by atoms with Gasteiger partial charge in [0, 0.05) is 47.2 Å². The molecule has 3 rings (SSSR count). The number of hydrogen-bond donors (Lipinski definition) is 2. The summed E-state index contributed by atoms with van der Waals surface area (Å²) < 4.78 is 58.9. The number of rotatable bonds is 11. The average molecular weight is 610 g/mol. The van der Waals surface area contributed by atoms with E-state index in [4.69, 9.17) is 4.74 Å². The van der Waals surface area contributed by atoms with Gasteiger partial charge in [0.05, 0.1) is 24.0 Å². The first-order valence-electron chi connectivity index (χ1n) is 13.0. The molecule has 0 spiro atoms. The number of halogens is 4. The Kier molecular flexibility index (Phi) is 10.6. The quantitative estimate of drug-likeness (QED) is 0.251. The summed E-state index contributed by atoms with van der Waals surface area (Å²) in [5.41, 5.74) is -1.09. The molecule has 0 bridgehead atoms. The van der Waals surface area contributed by atoms with E-state index in [0.29, 0.717) is 0 Å². The number of likely N-dealkylation sites (N-methyl/N-ethyl adjacent to an activating group) is 1. The molecule has 12 nitrogen and oxygen atoms in total. The largest absolute Gasteiger partial charge is 0.436 e. The highest BCUT2D eigenvalue weighted by atomic mass is 19.4. The number of aromatic nitrogens is 4. The molecular formula is C27H31F4N7O5. The maximum Gasteiger partial charge on any atom is 0.410 e. The lowest BCUT2D eigenvalue weighted by atomic mass is 10.1. The zero-order valence-electron chi connectivity index (χ0n) is 23.9. The molecule has 3 amide bonds. The number of anilines is 1. The molecule has 43 heavy (non-hydrogen) atoms. The number of carbonyl (C=O) groups excluding carboxylic acids is 3. The number of aromatic amines is 1. The third-order valence-corrected chi connectivity index (χ3v) is 6.04. The van der Waals surface area contributed by atoms with Crippen molar-refractivity contribution in [3.05, 3.63) is 64.4 Å². The van der Waals surface area contributed by atoms with Gasteiger partial charge in [-0.1, -0.05) is 6.08 Å². The number of fused-ring (bicyclic) bond motifs is 1. The Morgan fingerprint density at radius 3 is 2.56 bits per heavy atom. The van der Waals surface area contributed by atoms with Crippen LogP contribution in [0.4, 0.5) is 28.0 Å². The van der Waals surface area contributed by atoms with Crippen molar-refractivity contribution in [3.63, 3.8) is 0 Å². The minimum atomic E-state index is -4.44. The second kappa shape index (κ2) is 13.9. The van der Waals surface area contributed by atoms with Crippen LogP contribution in [0.15, 0.2) is 41.5 Å². The average Bonchev–Trinajstić information content (AvgIpc) is 3.36. The number of imidazole rings is 1. The van der Waals surface area contributed by atoms with Crippen LogP contribution in [-0.4, -0.2) is 87.7 Å². The lowest BCUT2D eigenvalue weighted by Gasteiger charge is -2.19. The maximum atomic E-state index is 14.3. The van der Waals surface area contributed by atoms with E-state index in [1.807, 2.05) is 0 Å². The standard InChI is InChI=1S/C27H31F4N7O5/c1-36(2)21(39)10-6-5-9-19(43-26(42)37(3)4)24(40)33-18-8-7-13-38(25(18)41)15-20-34-22-16(28)14-32-17(23(22)35-20)11-12-27(29,30)31/h6-8,10,13-14,19H,5,9,11-12,15H2,1-4H3,(H,33,40)(H,34,35)/b10-6+/t19-/m0/s1. The van der Waals surface area contributed by atoms with Crippen LogP contribution in [0.1, 0.15) is 30.8 Å². The van der Waals surface area contributed by atoms with Crippen LogP contribution in [-0.2, 0) is 27.3 Å². The second-order valence-electron chi connectivity index (χ2n) is 9.90. The van der Waals surface area contributed by atoms with Crippen molar-refractivity contribution in [1.82, 2.24) is 29.3 Å². The molecule has 0 fully saturated rings. The molecule has 3 aromatic rings. The van der Waals surface area contributed by atoms with Crippen molar-refractivity contribution in [3.8, 4) is 0 Å². The fourth-order valence-corrected chi connectivity index (χ4v) is 3.77. The summed E-state index contributed by atoms with van der Waals surface area (Å²) in [5.74, 6) is -1.83. The number of allylic oxidation sites excluding steroid dienone is 1. The van der Waals surface area contributed by atoms with E-state index in [0.717, 1.165) is 15.7 Å². The predicted molar refractivity (Wildman–Crippen MR) is 148 cm³/mol. The summed E-state index contributed by atoms with van der Waals surface area (Å²) >= 11 is 0. The van der Waals surface area contributed by atoms with E-state index in [1.54, 1.807) is 14.1 Å². The first kappa shape index (κ1) is 32.8. The molecule has 0 aliphatic rings. The molecule has 3 aromatic heterocycles. The zero-order valence-corrected chi connectivity index (χ0v) is 23.9. The van der Waals surface area contributed by atoms with Gasteiger partial charge < -0.3 is 29.4 Å². The number of aryl methyl sites for hydroxylation is 1. The highest BCUT2D eigenvalue weighted by Gasteiger charge is 2.28. The maximum absolute atomic E-state index is 14.3. The minimum absolute atomic E-state index is 0.0105. The van der Waals surface area contributed by atoms with Gasteiger partial charge in [0.2, 0.25) is 5.91 Å². The van der Waals surface area contributed by atoms with E-state index >= 15 is 0 Å². The topological polar surface area (TPSA) is 143 Å². The molecular weight excluding hydrogens is 578 g/mol. The van der Waals surface area contributed by atoms with Gasteiger partial charge in [0.15, 0.2) is 11.9 Å². The Balaban J connectivity index is 1.80. The lowest BCUT2D eigenvalue weighted by molar-refractivity contribution is -0.134. The van der Waals surface area contributed by atoms with Gasteiger partial charge in [-0.25, -0.2) is 14.2 Å². The van der Waals surface area contributed by atoms with Gasteiger partial charge in [-0.05, 0) is 31.1 Å². The fourth-order valence-electron chi connectivity index (χ4n) is 3.77. The van der Waals surface area contributed by atoms with E-state index in [1.165, 1.54) is 49.5 Å². The molecule has 2 N–H and O–H groups in total. The number of amides is 3. The Hall–Kier alpha value is -4.76. The van der Waals surface area contributed by atoms with Crippen molar-refractivity contribution in [1.29, 1.82) is 0 Å². The van der Waals surface area contributed by atoms with Gasteiger partial charge >= 0.3 is 12.3 Å². The monoisotopic (exact) mass is 609 g/mol. The molecule has 0 unspecified atom stereocenters. The third-order valence-electron chi connectivity index (χ3n) is 6.04. The molecule has 16 heteroatoms. The normalized spacial score (nSPS) is 12.4. The highest BCUT2D eigenvalue weighted by Crippen LogP contribution is 2.25. The smallest absolute Gasteiger partial charge is 0.410 e. The van der Waals surface area contributed by atoms with Gasteiger partial charge in [-0.3, -0.25) is 19.4 Å². The number of nitrogens with zero attached hydrogens (tertiary/aromatic N) is 5. The molecule has 232 valence electrons. The molecule has 0 aliphatic carbocycles. The number of pyridine rings is 2. The van der Waals surface area contributed by atoms with Crippen LogP contribution in [0.3, 0.4) is 0 Å². The van der Waals surface area contributed by atoms with Gasteiger partial charge in [-0.2, -0.15) is 13.2 Å². The second-order valence-corrected chi connectivity index (χ2v) is 9.90. The molecule has 1 atom stereocenters. The van der Waals surface area contributed by atoms with Crippen molar-refractivity contribution >= 4 is 34.6 Å². The first-order valence-corrected chi connectivity index (χ1v) is 13.0.